The van der Waals surface area contributed by atoms with Gasteiger partial charge in [0.1, 0.15) is 11.4 Å². The zero-order valence-electron chi connectivity index (χ0n) is 15.2. The molecule has 0 unspecified atom stereocenters. The first-order valence-corrected chi connectivity index (χ1v) is 9.07. The maximum Gasteiger partial charge on any atom is 0.410 e. The lowest BCUT2D eigenvalue weighted by Crippen LogP contribution is -2.36. The van der Waals surface area contributed by atoms with Crippen LogP contribution in [-0.2, 0) is 6.54 Å². The number of carbonyl (C=O) groups excluding carboxylic acids is 1. The highest BCUT2D eigenvalue weighted by atomic mass is 19.4. The summed E-state index contributed by atoms with van der Waals surface area (Å²) < 4.78 is 41.9. The Morgan fingerprint density at radius 2 is 1.93 bits per heavy atom. The smallest absolute Gasteiger partial charge is 0.363 e. The van der Waals surface area contributed by atoms with Gasteiger partial charge in [0.15, 0.2) is 6.04 Å². The van der Waals surface area contributed by atoms with Gasteiger partial charge in [-0.2, -0.15) is 18.3 Å². The molecule has 1 aromatic carbocycles. The number of aromatic nitrogens is 3. The standard InChI is InChI=1S/C20H18F3N5O/c21-20(22,23)17-10-16(13-6-2-1-3-7-13)27-18-15(12-26-28(17)18)19(29)25-11-14-8-4-5-9-24-14/h1-9,12,16-17,27H,10-11H2,(H,25,29)/t16-,17-/m0/s1. The van der Waals surface area contributed by atoms with Gasteiger partial charge >= 0.3 is 6.18 Å². The van der Waals surface area contributed by atoms with Crippen LogP contribution in [-0.4, -0.2) is 26.8 Å². The van der Waals surface area contributed by atoms with E-state index in [2.05, 4.69) is 20.7 Å². The Labute approximate surface area is 164 Å². The van der Waals surface area contributed by atoms with Crippen molar-refractivity contribution in [1.82, 2.24) is 20.1 Å². The lowest BCUT2D eigenvalue weighted by atomic mass is 9.96. The average Bonchev–Trinajstić information content (AvgIpc) is 3.16. The third kappa shape index (κ3) is 3.94. The molecule has 2 N–H and O–H groups in total. The van der Waals surface area contributed by atoms with Gasteiger partial charge in [0.25, 0.3) is 5.91 Å². The number of anilines is 1. The number of hydrogen-bond acceptors (Lipinski definition) is 4. The molecule has 0 saturated carbocycles. The zero-order valence-corrected chi connectivity index (χ0v) is 15.2. The fraction of sp³-hybridized carbons (Fsp3) is 0.250. The van der Waals surface area contributed by atoms with Crippen LogP contribution < -0.4 is 10.6 Å². The summed E-state index contributed by atoms with van der Waals surface area (Å²) in [6.07, 6.45) is -1.93. The minimum atomic E-state index is -4.49. The van der Waals surface area contributed by atoms with Crippen LogP contribution >= 0.6 is 0 Å². The first-order valence-electron chi connectivity index (χ1n) is 9.07. The predicted molar refractivity (Wildman–Crippen MR) is 100 cm³/mol. The predicted octanol–water partition coefficient (Wildman–Crippen LogP) is 3.87. The summed E-state index contributed by atoms with van der Waals surface area (Å²) >= 11 is 0. The van der Waals surface area contributed by atoms with Crippen molar-refractivity contribution in [3.63, 3.8) is 0 Å². The van der Waals surface area contributed by atoms with Crippen LogP contribution in [0.2, 0.25) is 0 Å². The molecule has 0 bridgehead atoms. The Kier molecular flexibility index (Phi) is 4.96. The Hall–Kier alpha value is -3.36. The summed E-state index contributed by atoms with van der Waals surface area (Å²) in [5, 5.41) is 9.62. The van der Waals surface area contributed by atoms with E-state index in [0.29, 0.717) is 11.3 Å². The second-order valence-electron chi connectivity index (χ2n) is 6.76. The fourth-order valence-corrected chi connectivity index (χ4v) is 3.40. The molecule has 3 heterocycles. The van der Waals surface area contributed by atoms with E-state index in [-0.39, 0.29) is 24.3 Å². The van der Waals surface area contributed by atoms with Crippen LogP contribution in [0.25, 0.3) is 0 Å². The van der Waals surface area contributed by atoms with Gasteiger partial charge in [0, 0.05) is 12.6 Å². The minimum absolute atomic E-state index is 0.0611. The molecular weight excluding hydrogens is 383 g/mol. The largest absolute Gasteiger partial charge is 0.410 e. The van der Waals surface area contributed by atoms with E-state index < -0.39 is 24.2 Å². The number of benzene rings is 1. The van der Waals surface area contributed by atoms with E-state index in [0.717, 1.165) is 4.68 Å². The number of alkyl halides is 3. The monoisotopic (exact) mass is 401 g/mol. The van der Waals surface area contributed by atoms with Gasteiger partial charge < -0.3 is 10.6 Å². The van der Waals surface area contributed by atoms with Crippen LogP contribution in [0.4, 0.5) is 19.0 Å². The molecule has 0 aliphatic carbocycles. The molecule has 1 aliphatic rings. The van der Waals surface area contributed by atoms with Crippen molar-refractivity contribution in [2.24, 2.45) is 0 Å². The number of pyridine rings is 1. The van der Waals surface area contributed by atoms with E-state index in [1.54, 1.807) is 54.7 Å². The van der Waals surface area contributed by atoms with Crippen LogP contribution in [0.5, 0.6) is 0 Å². The number of fused-ring (bicyclic) bond motifs is 1. The third-order valence-electron chi connectivity index (χ3n) is 4.84. The number of amides is 1. The highest BCUT2D eigenvalue weighted by Gasteiger charge is 2.47. The summed E-state index contributed by atoms with van der Waals surface area (Å²) in [6, 6.07) is 11.7. The van der Waals surface area contributed by atoms with Crippen LogP contribution in [0.1, 0.15) is 40.1 Å². The number of rotatable bonds is 4. The van der Waals surface area contributed by atoms with Crippen molar-refractivity contribution in [2.75, 3.05) is 5.32 Å². The van der Waals surface area contributed by atoms with Crippen molar-refractivity contribution < 1.29 is 18.0 Å². The highest BCUT2D eigenvalue weighted by molar-refractivity contribution is 5.98. The molecule has 0 radical (unpaired) electrons. The Morgan fingerprint density at radius 1 is 1.17 bits per heavy atom. The van der Waals surface area contributed by atoms with E-state index in [9.17, 15) is 18.0 Å². The lowest BCUT2D eigenvalue weighted by Gasteiger charge is -2.34. The molecule has 6 nitrogen and oxygen atoms in total. The number of halogens is 3. The summed E-state index contributed by atoms with van der Waals surface area (Å²) in [7, 11) is 0. The first kappa shape index (κ1) is 19.0. The maximum atomic E-state index is 13.7. The molecule has 1 amide bonds. The summed E-state index contributed by atoms with van der Waals surface area (Å²) in [5.74, 6) is -0.454. The normalized spacial score (nSPS) is 18.6. The van der Waals surface area contributed by atoms with Gasteiger partial charge in [0.2, 0.25) is 0 Å². The summed E-state index contributed by atoms with van der Waals surface area (Å²) in [5.41, 5.74) is 1.43. The molecule has 9 heteroatoms. The minimum Gasteiger partial charge on any atom is -0.363 e. The van der Waals surface area contributed by atoms with E-state index >= 15 is 0 Å². The van der Waals surface area contributed by atoms with Crippen molar-refractivity contribution in [2.45, 2.75) is 31.2 Å². The summed E-state index contributed by atoms with van der Waals surface area (Å²) in [6.45, 7) is 0.162. The van der Waals surface area contributed by atoms with Gasteiger partial charge in [-0.15, -0.1) is 0 Å². The molecule has 29 heavy (non-hydrogen) atoms. The third-order valence-corrected chi connectivity index (χ3v) is 4.84. The van der Waals surface area contributed by atoms with Gasteiger partial charge in [-0.1, -0.05) is 36.4 Å². The van der Waals surface area contributed by atoms with E-state index in [1.165, 1.54) is 6.20 Å². The van der Waals surface area contributed by atoms with E-state index in [4.69, 9.17) is 0 Å². The molecule has 0 spiro atoms. The average molecular weight is 401 g/mol. The molecule has 0 fully saturated rings. The van der Waals surface area contributed by atoms with Gasteiger partial charge in [-0.3, -0.25) is 9.78 Å². The molecule has 3 aromatic rings. The van der Waals surface area contributed by atoms with Crippen molar-refractivity contribution in [3.8, 4) is 0 Å². The zero-order chi connectivity index (χ0) is 20.4. The summed E-state index contributed by atoms with van der Waals surface area (Å²) in [4.78, 5) is 16.8. The van der Waals surface area contributed by atoms with Crippen LogP contribution in [0.15, 0.2) is 60.9 Å². The van der Waals surface area contributed by atoms with Crippen LogP contribution in [0.3, 0.4) is 0 Å². The van der Waals surface area contributed by atoms with Crippen molar-refractivity contribution >= 4 is 11.7 Å². The van der Waals surface area contributed by atoms with Gasteiger partial charge in [0.05, 0.1) is 24.5 Å². The Balaban J connectivity index is 1.62. The molecular formula is C20H18F3N5O. The fourth-order valence-electron chi connectivity index (χ4n) is 3.40. The first-order chi connectivity index (χ1) is 13.9. The molecule has 0 saturated heterocycles. The lowest BCUT2D eigenvalue weighted by molar-refractivity contribution is -0.173. The molecule has 2 aromatic heterocycles. The number of hydrogen-bond donors (Lipinski definition) is 2. The molecule has 1 aliphatic heterocycles. The topological polar surface area (TPSA) is 71.8 Å². The molecule has 150 valence electrons. The number of carbonyl (C=O) groups is 1. The number of nitrogens with one attached hydrogen (secondary N) is 2. The SMILES string of the molecule is O=C(NCc1ccccn1)c1cnn2c1N[C@H](c1ccccc1)C[C@H]2C(F)(F)F. The Morgan fingerprint density at radius 3 is 2.62 bits per heavy atom. The second-order valence-corrected chi connectivity index (χ2v) is 6.76. The van der Waals surface area contributed by atoms with Crippen LogP contribution in [0, 0.1) is 0 Å². The van der Waals surface area contributed by atoms with Crippen molar-refractivity contribution in [3.05, 3.63) is 77.7 Å². The molecule has 4 rings (SSSR count). The second kappa shape index (κ2) is 7.57. The quantitative estimate of drug-likeness (QED) is 0.696. The highest BCUT2D eigenvalue weighted by Crippen LogP contribution is 2.44. The van der Waals surface area contributed by atoms with E-state index in [1.807, 2.05) is 0 Å². The van der Waals surface area contributed by atoms with Gasteiger partial charge in [-0.25, -0.2) is 4.68 Å². The maximum absolute atomic E-state index is 13.7. The molecule has 2 atom stereocenters. The van der Waals surface area contributed by atoms with Gasteiger partial charge in [-0.05, 0) is 17.7 Å². The number of nitrogens with zero attached hydrogens (tertiary/aromatic N) is 3. The van der Waals surface area contributed by atoms with Crippen molar-refractivity contribution in [1.29, 1.82) is 0 Å². The Bertz CT molecular complexity index is 988.